The first kappa shape index (κ1) is 19.2. The van der Waals surface area contributed by atoms with Gasteiger partial charge in [-0.25, -0.2) is 13.2 Å². The predicted octanol–water partition coefficient (Wildman–Crippen LogP) is 2.53. The molecule has 0 spiro atoms. The van der Waals surface area contributed by atoms with E-state index in [0.29, 0.717) is 11.3 Å². The number of carboxylic acids is 1. The van der Waals surface area contributed by atoms with Gasteiger partial charge in [0.1, 0.15) is 0 Å². The van der Waals surface area contributed by atoms with Gasteiger partial charge in [0.2, 0.25) is 0 Å². The topological polar surface area (TPSA) is 113 Å². The third-order valence-corrected chi connectivity index (χ3v) is 6.46. The van der Waals surface area contributed by atoms with Gasteiger partial charge >= 0.3 is 12.0 Å². The van der Waals surface area contributed by atoms with Gasteiger partial charge in [-0.3, -0.25) is 4.79 Å². The van der Waals surface area contributed by atoms with Gasteiger partial charge < -0.3 is 15.7 Å². The average molecular weight is 368 g/mol. The van der Waals surface area contributed by atoms with E-state index in [2.05, 4.69) is 10.6 Å². The van der Waals surface area contributed by atoms with Crippen molar-refractivity contribution in [2.24, 2.45) is 0 Å². The Kier molecular flexibility index (Phi) is 6.81. The number of aliphatic carboxylic acids is 1. The lowest BCUT2D eigenvalue weighted by Gasteiger charge is -2.21. The third kappa shape index (κ3) is 6.38. The summed E-state index contributed by atoms with van der Waals surface area (Å²) in [4.78, 5) is 22.1. The van der Waals surface area contributed by atoms with Crippen molar-refractivity contribution in [3.63, 3.8) is 0 Å². The van der Waals surface area contributed by atoms with Crippen molar-refractivity contribution in [3.8, 4) is 0 Å². The normalized spacial score (nSPS) is 15.5. The number of rotatable bonds is 7. The summed E-state index contributed by atoms with van der Waals surface area (Å²) < 4.78 is 25.1. The van der Waals surface area contributed by atoms with Gasteiger partial charge in [0.15, 0.2) is 9.84 Å². The monoisotopic (exact) mass is 368 g/mol. The van der Waals surface area contributed by atoms with Gasteiger partial charge in [0.25, 0.3) is 0 Å². The Labute approximate surface area is 147 Å². The van der Waals surface area contributed by atoms with Crippen LogP contribution in [0.3, 0.4) is 0 Å². The molecule has 2 rings (SSSR count). The second-order valence-corrected chi connectivity index (χ2v) is 8.57. The smallest absolute Gasteiger partial charge is 0.319 e. The van der Waals surface area contributed by atoms with Crippen LogP contribution in [0, 0.1) is 0 Å². The summed E-state index contributed by atoms with van der Waals surface area (Å²) in [5.41, 5.74) is 1.11. The van der Waals surface area contributed by atoms with Crippen molar-refractivity contribution in [1.82, 2.24) is 5.32 Å². The zero-order valence-electron chi connectivity index (χ0n) is 14.0. The van der Waals surface area contributed by atoms with E-state index < -0.39 is 21.8 Å². The van der Waals surface area contributed by atoms with Gasteiger partial charge in [-0.1, -0.05) is 31.4 Å². The molecule has 0 radical (unpaired) electrons. The molecule has 1 aliphatic rings. The van der Waals surface area contributed by atoms with E-state index in [1.807, 2.05) is 0 Å². The van der Waals surface area contributed by atoms with Gasteiger partial charge in [-0.15, -0.1) is 0 Å². The second kappa shape index (κ2) is 8.84. The Morgan fingerprint density at radius 3 is 2.56 bits per heavy atom. The van der Waals surface area contributed by atoms with Crippen LogP contribution in [0.25, 0.3) is 0 Å². The van der Waals surface area contributed by atoms with E-state index in [0.717, 1.165) is 32.1 Å². The van der Waals surface area contributed by atoms with Crippen LogP contribution < -0.4 is 10.6 Å². The Morgan fingerprint density at radius 2 is 1.88 bits per heavy atom. The SMILES string of the molecule is O=C(O)CCNC(=O)Nc1cccc(CS(=O)(=O)C2CCCCC2)c1. The van der Waals surface area contributed by atoms with Crippen LogP contribution in [0.5, 0.6) is 0 Å². The van der Waals surface area contributed by atoms with Crippen molar-refractivity contribution < 1.29 is 23.1 Å². The fraction of sp³-hybridized carbons (Fsp3) is 0.529. The maximum absolute atomic E-state index is 12.5. The molecule has 0 unspecified atom stereocenters. The number of nitrogens with one attached hydrogen (secondary N) is 2. The molecule has 1 saturated carbocycles. The number of hydrogen-bond acceptors (Lipinski definition) is 4. The molecule has 1 fully saturated rings. The molecule has 0 atom stereocenters. The van der Waals surface area contributed by atoms with E-state index in [4.69, 9.17) is 5.11 Å². The van der Waals surface area contributed by atoms with Crippen molar-refractivity contribution in [2.45, 2.75) is 49.5 Å². The lowest BCUT2D eigenvalue weighted by molar-refractivity contribution is -0.136. The number of carbonyl (C=O) groups is 2. The van der Waals surface area contributed by atoms with Crippen LogP contribution >= 0.6 is 0 Å². The first-order valence-electron chi connectivity index (χ1n) is 8.44. The number of hydrogen-bond donors (Lipinski definition) is 3. The molecule has 25 heavy (non-hydrogen) atoms. The minimum Gasteiger partial charge on any atom is -0.481 e. The quantitative estimate of drug-likeness (QED) is 0.684. The number of carbonyl (C=O) groups excluding carboxylic acids is 1. The lowest BCUT2D eigenvalue weighted by atomic mass is 10.0. The highest BCUT2D eigenvalue weighted by molar-refractivity contribution is 7.91. The Bertz CT molecular complexity index is 712. The molecule has 2 amide bonds. The van der Waals surface area contributed by atoms with E-state index in [9.17, 15) is 18.0 Å². The average Bonchev–Trinajstić information content (AvgIpc) is 2.55. The summed E-state index contributed by atoms with van der Waals surface area (Å²) in [5.74, 6) is -1.02. The highest BCUT2D eigenvalue weighted by Crippen LogP contribution is 2.26. The Balaban J connectivity index is 1.94. The van der Waals surface area contributed by atoms with E-state index in [-0.39, 0.29) is 24.0 Å². The molecule has 8 heteroatoms. The van der Waals surface area contributed by atoms with Crippen LogP contribution in [0.2, 0.25) is 0 Å². The molecule has 1 aromatic rings. The summed E-state index contributed by atoms with van der Waals surface area (Å²) in [6.07, 6.45) is 4.32. The summed E-state index contributed by atoms with van der Waals surface area (Å²) in [7, 11) is -3.20. The van der Waals surface area contributed by atoms with Crippen LogP contribution in [0.4, 0.5) is 10.5 Å². The summed E-state index contributed by atoms with van der Waals surface area (Å²) in [5, 5.41) is 13.3. The molecular weight excluding hydrogens is 344 g/mol. The molecule has 1 aliphatic carbocycles. The molecule has 3 N–H and O–H groups in total. The fourth-order valence-corrected chi connectivity index (χ4v) is 4.90. The van der Waals surface area contributed by atoms with E-state index >= 15 is 0 Å². The van der Waals surface area contributed by atoms with Crippen LogP contribution in [0.15, 0.2) is 24.3 Å². The number of benzene rings is 1. The zero-order valence-corrected chi connectivity index (χ0v) is 14.8. The van der Waals surface area contributed by atoms with Crippen LogP contribution in [-0.2, 0) is 20.4 Å². The molecule has 0 aromatic heterocycles. The second-order valence-electron chi connectivity index (χ2n) is 6.29. The van der Waals surface area contributed by atoms with Crippen molar-refractivity contribution in [1.29, 1.82) is 0 Å². The lowest BCUT2D eigenvalue weighted by Crippen LogP contribution is -2.30. The fourth-order valence-electron chi connectivity index (χ4n) is 2.97. The largest absolute Gasteiger partial charge is 0.481 e. The van der Waals surface area contributed by atoms with E-state index in [1.165, 1.54) is 0 Å². The van der Waals surface area contributed by atoms with Gasteiger partial charge in [0, 0.05) is 12.2 Å². The van der Waals surface area contributed by atoms with Crippen molar-refractivity contribution in [3.05, 3.63) is 29.8 Å². The summed E-state index contributed by atoms with van der Waals surface area (Å²) in [6.45, 7) is 0.0247. The molecule has 138 valence electrons. The molecule has 0 saturated heterocycles. The molecular formula is C17H24N2O5S. The molecule has 1 aromatic carbocycles. The highest BCUT2D eigenvalue weighted by Gasteiger charge is 2.27. The first-order chi connectivity index (χ1) is 11.9. The molecule has 0 aliphatic heterocycles. The Morgan fingerprint density at radius 1 is 1.16 bits per heavy atom. The van der Waals surface area contributed by atoms with E-state index in [1.54, 1.807) is 24.3 Å². The number of urea groups is 1. The van der Waals surface area contributed by atoms with Crippen molar-refractivity contribution >= 4 is 27.5 Å². The number of anilines is 1. The molecule has 0 heterocycles. The van der Waals surface area contributed by atoms with Gasteiger partial charge in [-0.2, -0.15) is 0 Å². The maximum Gasteiger partial charge on any atom is 0.319 e. The molecule has 0 bridgehead atoms. The van der Waals surface area contributed by atoms with Gasteiger partial charge in [-0.05, 0) is 30.5 Å². The third-order valence-electron chi connectivity index (χ3n) is 4.24. The minimum atomic E-state index is -3.20. The zero-order chi connectivity index (χ0) is 18.3. The standard InChI is InChI=1S/C17H24N2O5S/c20-16(21)9-10-18-17(22)19-14-6-4-5-13(11-14)12-25(23,24)15-7-2-1-3-8-15/h4-6,11,15H,1-3,7-10,12H2,(H,20,21)(H2,18,19,22). The Hall–Kier alpha value is -2.09. The van der Waals surface area contributed by atoms with Crippen molar-refractivity contribution in [2.75, 3.05) is 11.9 Å². The predicted molar refractivity (Wildman–Crippen MR) is 95.2 cm³/mol. The maximum atomic E-state index is 12.5. The molecule has 7 nitrogen and oxygen atoms in total. The minimum absolute atomic E-state index is 0.0247. The highest BCUT2D eigenvalue weighted by atomic mass is 32.2. The number of carboxylic acid groups (broad SMARTS) is 1. The first-order valence-corrected chi connectivity index (χ1v) is 10.2. The van der Waals surface area contributed by atoms with Crippen LogP contribution in [-0.4, -0.2) is 37.3 Å². The summed E-state index contributed by atoms with van der Waals surface area (Å²) >= 11 is 0. The summed E-state index contributed by atoms with van der Waals surface area (Å²) in [6, 6.07) is 6.20. The number of amides is 2. The van der Waals surface area contributed by atoms with Crippen LogP contribution in [0.1, 0.15) is 44.1 Å². The van der Waals surface area contributed by atoms with Gasteiger partial charge in [0.05, 0.1) is 17.4 Å². The number of sulfone groups is 1.